The maximum absolute atomic E-state index is 12.9. The predicted molar refractivity (Wildman–Crippen MR) is 62.5 cm³/mol. The van der Waals surface area contributed by atoms with Crippen LogP contribution in [0.15, 0.2) is 40.0 Å². The monoisotopic (exact) mass is 294 g/mol. The van der Waals surface area contributed by atoms with Crippen molar-refractivity contribution in [3.05, 3.63) is 40.6 Å². The second kappa shape index (κ2) is 4.33. The van der Waals surface area contributed by atoms with Crippen molar-refractivity contribution in [3.8, 4) is 11.1 Å². The van der Waals surface area contributed by atoms with Gasteiger partial charge >= 0.3 is 10.2 Å². The number of halogens is 3. The van der Waals surface area contributed by atoms with Gasteiger partial charge in [0.15, 0.2) is 0 Å². The highest BCUT2D eigenvalue weighted by molar-refractivity contribution is 7.86. The smallest absolute Gasteiger partial charge is 0.366 e. The van der Waals surface area contributed by atoms with Gasteiger partial charge in [0.1, 0.15) is 0 Å². The first-order chi connectivity index (χ1) is 7.88. The lowest BCUT2D eigenvalue weighted by molar-refractivity contribution is 0.436. The van der Waals surface area contributed by atoms with E-state index < -0.39 is 15.3 Å². The lowest BCUT2D eigenvalue weighted by Crippen LogP contribution is -1.92. The van der Waals surface area contributed by atoms with Gasteiger partial charge in [0.25, 0.3) is 5.09 Å². The van der Waals surface area contributed by atoms with Crippen LogP contribution in [0, 0.1) is 0 Å². The summed E-state index contributed by atoms with van der Waals surface area (Å²) < 4.78 is 39.2. The molecule has 90 valence electrons. The van der Waals surface area contributed by atoms with Crippen LogP contribution in [0.2, 0.25) is 10.0 Å². The fourth-order valence-electron chi connectivity index (χ4n) is 1.41. The average molecular weight is 295 g/mol. The standard InChI is InChI=1S/C10H5Cl2FO3S/c11-7-3-6(4-8(12)5-7)9-1-2-16-10(9)17(13,14)15/h1-5H. The molecule has 1 heterocycles. The highest BCUT2D eigenvalue weighted by Gasteiger charge is 2.22. The molecule has 2 rings (SSSR count). The van der Waals surface area contributed by atoms with Gasteiger partial charge in [0.05, 0.1) is 6.26 Å². The van der Waals surface area contributed by atoms with Crippen molar-refractivity contribution in [2.75, 3.05) is 0 Å². The number of benzene rings is 1. The molecule has 7 heteroatoms. The van der Waals surface area contributed by atoms with Crippen LogP contribution >= 0.6 is 23.2 Å². The third kappa shape index (κ3) is 2.62. The Kier molecular flexibility index (Phi) is 3.16. The van der Waals surface area contributed by atoms with Crippen molar-refractivity contribution in [2.24, 2.45) is 0 Å². The molecular formula is C10H5Cl2FO3S. The normalized spacial score (nSPS) is 11.7. The van der Waals surface area contributed by atoms with Crippen LogP contribution < -0.4 is 0 Å². The zero-order valence-electron chi connectivity index (χ0n) is 8.15. The molecule has 0 bridgehead atoms. The van der Waals surface area contributed by atoms with Gasteiger partial charge in [0.2, 0.25) is 0 Å². The van der Waals surface area contributed by atoms with Crippen LogP contribution in [0.3, 0.4) is 0 Å². The molecule has 0 aliphatic rings. The zero-order valence-corrected chi connectivity index (χ0v) is 10.5. The van der Waals surface area contributed by atoms with Gasteiger partial charge in [-0.3, -0.25) is 0 Å². The van der Waals surface area contributed by atoms with Crippen molar-refractivity contribution in [2.45, 2.75) is 5.09 Å². The third-order valence-corrected chi connectivity index (χ3v) is 3.22. The minimum absolute atomic E-state index is 0.0805. The van der Waals surface area contributed by atoms with E-state index in [0.717, 1.165) is 6.26 Å². The highest BCUT2D eigenvalue weighted by Crippen LogP contribution is 2.33. The average Bonchev–Trinajstić information content (AvgIpc) is 2.63. The van der Waals surface area contributed by atoms with Crippen LogP contribution in [-0.4, -0.2) is 8.42 Å². The summed E-state index contributed by atoms with van der Waals surface area (Å²) in [6, 6.07) is 5.74. The first-order valence-electron chi connectivity index (χ1n) is 4.36. The molecule has 1 aromatic heterocycles. The highest BCUT2D eigenvalue weighted by atomic mass is 35.5. The van der Waals surface area contributed by atoms with Crippen molar-refractivity contribution in [1.82, 2.24) is 0 Å². The van der Waals surface area contributed by atoms with Crippen molar-refractivity contribution in [3.63, 3.8) is 0 Å². The molecule has 0 atom stereocenters. The minimum atomic E-state index is -4.92. The van der Waals surface area contributed by atoms with E-state index in [2.05, 4.69) is 4.42 Å². The maximum Gasteiger partial charge on any atom is 0.366 e. The molecule has 0 spiro atoms. The first kappa shape index (κ1) is 12.4. The molecule has 0 aliphatic carbocycles. The number of hydrogen-bond donors (Lipinski definition) is 0. The Morgan fingerprint density at radius 1 is 1.12 bits per heavy atom. The molecule has 3 nitrogen and oxygen atoms in total. The summed E-state index contributed by atoms with van der Waals surface area (Å²) in [5.74, 6) is 0. The van der Waals surface area contributed by atoms with Crippen LogP contribution in [0.25, 0.3) is 11.1 Å². The largest absolute Gasteiger partial charge is 0.450 e. The summed E-state index contributed by atoms with van der Waals surface area (Å²) in [5.41, 5.74) is 0.448. The topological polar surface area (TPSA) is 47.3 Å². The lowest BCUT2D eigenvalue weighted by atomic mass is 10.1. The van der Waals surface area contributed by atoms with Gasteiger partial charge in [-0.05, 0) is 29.8 Å². The molecule has 0 aliphatic heterocycles. The molecule has 0 N–H and O–H groups in total. The van der Waals surface area contributed by atoms with E-state index in [-0.39, 0.29) is 5.56 Å². The fraction of sp³-hybridized carbons (Fsp3) is 0. The van der Waals surface area contributed by atoms with E-state index in [1.54, 1.807) is 0 Å². The summed E-state index contributed by atoms with van der Waals surface area (Å²) in [7, 11) is -4.92. The lowest BCUT2D eigenvalue weighted by Gasteiger charge is -2.01. The molecule has 17 heavy (non-hydrogen) atoms. The molecule has 0 radical (unpaired) electrons. The molecule has 0 unspecified atom stereocenters. The van der Waals surface area contributed by atoms with Crippen LogP contribution in [0.1, 0.15) is 0 Å². The summed E-state index contributed by atoms with van der Waals surface area (Å²) in [6.45, 7) is 0. The fourth-order valence-corrected chi connectivity index (χ4v) is 2.55. The molecule has 0 fully saturated rings. The molecule has 0 saturated heterocycles. The number of furan rings is 1. The second-order valence-electron chi connectivity index (χ2n) is 3.22. The summed E-state index contributed by atoms with van der Waals surface area (Å²) in [6.07, 6.45) is 1.08. The van der Waals surface area contributed by atoms with Gasteiger partial charge in [-0.1, -0.05) is 27.1 Å². The SMILES string of the molecule is O=S(=O)(F)c1occc1-c1cc(Cl)cc(Cl)c1. The molecule has 1 aromatic carbocycles. The van der Waals surface area contributed by atoms with E-state index in [0.29, 0.717) is 15.6 Å². The Hall–Kier alpha value is -1.04. The van der Waals surface area contributed by atoms with Crippen LogP contribution in [0.5, 0.6) is 0 Å². The Balaban J connectivity index is 2.66. The minimum Gasteiger partial charge on any atom is -0.450 e. The quantitative estimate of drug-likeness (QED) is 0.789. The first-order valence-corrected chi connectivity index (χ1v) is 6.50. The Morgan fingerprint density at radius 3 is 2.24 bits per heavy atom. The van der Waals surface area contributed by atoms with E-state index in [4.69, 9.17) is 23.2 Å². The molecule has 2 aromatic rings. The number of rotatable bonds is 2. The second-order valence-corrected chi connectivity index (χ2v) is 5.34. The van der Waals surface area contributed by atoms with E-state index in [1.807, 2.05) is 0 Å². The predicted octanol–water partition coefficient (Wildman–Crippen LogP) is 3.91. The van der Waals surface area contributed by atoms with Crippen molar-refractivity contribution >= 4 is 33.4 Å². The van der Waals surface area contributed by atoms with Crippen molar-refractivity contribution in [1.29, 1.82) is 0 Å². The molecule has 0 saturated carbocycles. The Labute approximate surface area is 107 Å². The summed E-state index contributed by atoms with van der Waals surface area (Å²) in [5, 5.41) is -0.123. The molecular weight excluding hydrogens is 290 g/mol. The molecule has 0 amide bonds. The maximum atomic E-state index is 12.9. The van der Waals surface area contributed by atoms with Gasteiger partial charge in [-0.25, -0.2) is 0 Å². The number of hydrogen-bond acceptors (Lipinski definition) is 3. The van der Waals surface area contributed by atoms with Crippen LogP contribution in [-0.2, 0) is 10.2 Å². The van der Waals surface area contributed by atoms with E-state index >= 15 is 0 Å². The van der Waals surface area contributed by atoms with Crippen molar-refractivity contribution < 1.29 is 16.7 Å². The zero-order chi connectivity index (χ0) is 12.6. The van der Waals surface area contributed by atoms with Gasteiger partial charge in [-0.15, -0.1) is 0 Å². The van der Waals surface area contributed by atoms with E-state index in [9.17, 15) is 12.3 Å². The Morgan fingerprint density at radius 2 is 1.71 bits per heavy atom. The van der Waals surface area contributed by atoms with E-state index in [1.165, 1.54) is 24.3 Å². The van der Waals surface area contributed by atoms with Gasteiger partial charge in [-0.2, -0.15) is 8.42 Å². The van der Waals surface area contributed by atoms with Gasteiger partial charge < -0.3 is 4.42 Å². The van der Waals surface area contributed by atoms with Crippen LogP contribution in [0.4, 0.5) is 3.89 Å². The third-order valence-electron chi connectivity index (χ3n) is 2.02. The van der Waals surface area contributed by atoms with Gasteiger partial charge in [0, 0.05) is 15.6 Å². The Bertz CT molecular complexity index is 644. The summed E-state index contributed by atoms with van der Waals surface area (Å²) >= 11 is 11.6. The summed E-state index contributed by atoms with van der Waals surface area (Å²) in [4.78, 5) is 0.